The van der Waals surface area contributed by atoms with Gasteiger partial charge in [0.25, 0.3) is 5.69 Å². The number of para-hydroxylation sites is 1. The number of anilines is 2. The number of morpholine rings is 1. The van der Waals surface area contributed by atoms with E-state index in [0.717, 1.165) is 26.3 Å². The normalized spacial score (nSPS) is 14.5. The number of hydrogen-bond donors (Lipinski definition) is 0. The summed E-state index contributed by atoms with van der Waals surface area (Å²) in [6.45, 7) is 3.94. The van der Waals surface area contributed by atoms with Crippen molar-refractivity contribution < 1.29 is 9.66 Å². The summed E-state index contributed by atoms with van der Waals surface area (Å²) in [7, 11) is 1.93. The molecule has 0 unspecified atom stereocenters. The minimum Gasteiger partial charge on any atom is -0.378 e. The van der Waals surface area contributed by atoms with E-state index < -0.39 is 4.92 Å². The Balaban J connectivity index is 1.76. The maximum Gasteiger partial charge on any atom is 0.287 e. The van der Waals surface area contributed by atoms with Gasteiger partial charge in [0.2, 0.25) is 0 Å². The first-order valence-electron chi connectivity index (χ1n) is 7.87. The molecule has 0 spiro atoms. The van der Waals surface area contributed by atoms with Crippen LogP contribution in [0.3, 0.4) is 0 Å². The van der Waals surface area contributed by atoms with Crippen LogP contribution < -0.4 is 9.80 Å². The average molecular weight is 328 g/mol. The lowest BCUT2D eigenvalue weighted by molar-refractivity contribution is -0.385. The van der Waals surface area contributed by atoms with E-state index in [2.05, 4.69) is 22.0 Å². The maximum absolute atomic E-state index is 10.7. The maximum atomic E-state index is 10.7. The van der Waals surface area contributed by atoms with Crippen LogP contribution in [0.4, 0.5) is 17.2 Å². The van der Waals surface area contributed by atoms with Crippen LogP contribution in [0.1, 0.15) is 5.56 Å². The topological polar surface area (TPSA) is 71.7 Å². The molecule has 0 bridgehead atoms. The largest absolute Gasteiger partial charge is 0.378 e. The molecule has 24 heavy (non-hydrogen) atoms. The molecule has 1 aromatic heterocycles. The molecule has 0 N–H and O–H groups in total. The van der Waals surface area contributed by atoms with Crippen LogP contribution in [0.5, 0.6) is 0 Å². The molecule has 7 heteroatoms. The van der Waals surface area contributed by atoms with E-state index in [1.54, 1.807) is 6.07 Å². The lowest BCUT2D eigenvalue weighted by Crippen LogP contribution is -2.37. The summed E-state index contributed by atoms with van der Waals surface area (Å²) in [6.07, 6.45) is 1.29. The van der Waals surface area contributed by atoms with Gasteiger partial charge in [0.1, 0.15) is 12.0 Å². The Morgan fingerprint density at radius 3 is 2.67 bits per heavy atom. The molecule has 1 fully saturated rings. The fraction of sp³-hybridized carbons (Fsp3) is 0.353. The van der Waals surface area contributed by atoms with Gasteiger partial charge in [-0.1, -0.05) is 18.2 Å². The third-order valence-electron chi connectivity index (χ3n) is 4.09. The Morgan fingerprint density at radius 2 is 2.00 bits per heavy atom. The summed E-state index contributed by atoms with van der Waals surface area (Å²) >= 11 is 0. The van der Waals surface area contributed by atoms with Crippen molar-refractivity contribution in [3.05, 3.63) is 58.3 Å². The fourth-order valence-electron chi connectivity index (χ4n) is 2.81. The Labute approximate surface area is 140 Å². The molecule has 1 aromatic carbocycles. The molecule has 2 aromatic rings. The third kappa shape index (κ3) is 3.62. The van der Waals surface area contributed by atoms with Crippen molar-refractivity contribution in [2.45, 2.75) is 6.54 Å². The molecule has 1 aliphatic rings. The standard InChI is InChI=1S/C17H20N4O3/c1-19(17-7-6-15(12-18-17)21(22)23)13-14-4-2-3-5-16(14)20-8-10-24-11-9-20/h2-7,12H,8-11,13H2,1H3. The highest BCUT2D eigenvalue weighted by Crippen LogP contribution is 2.24. The highest BCUT2D eigenvalue weighted by Gasteiger charge is 2.16. The molecule has 0 aliphatic carbocycles. The molecule has 0 radical (unpaired) electrons. The monoisotopic (exact) mass is 328 g/mol. The lowest BCUT2D eigenvalue weighted by atomic mass is 10.1. The van der Waals surface area contributed by atoms with Gasteiger partial charge in [0.05, 0.1) is 18.1 Å². The molecular formula is C17H20N4O3. The van der Waals surface area contributed by atoms with Gasteiger partial charge in [-0.15, -0.1) is 0 Å². The van der Waals surface area contributed by atoms with E-state index in [-0.39, 0.29) is 5.69 Å². The smallest absolute Gasteiger partial charge is 0.287 e. The van der Waals surface area contributed by atoms with Crippen molar-refractivity contribution in [3.8, 4) is 0 Å². The molecule has 1 saturated heterocycles. The zero-order chi connectivity index (χ0) is 16.9. The van der Waals surface area contributed by atoms with Crippen molar-refractivity contribution in [1.29, 1.82) is 0 Å². The first kappa shape index (κ1) is 16.2. The summed E-state index contributed by atoms with van der Waals surface area (Å²) in [6, 6.07) is 11.4. The molecule has 0 saturated carbocycles. The summed E-state index contributed by atoms with van der Waals surface area (Å²) < 4.78 is 5.42. The van der Waals surface area contributed by atoms with Crippen LogP contribution in [0.15, 0.2) is 42.6 Å². The first-order valence-corrected chi connectivity index (χ1v) is 7.87. The van der Waals surface area contributed by atoms with E-state index in [1.165, 1.54) is 23.5 Å². The van der Waals surface area contributed by atoms with Crippen molar-refractivity contribution in [2.24, 2.45) is 0 Å². The Bertz CT molecular complexity index is 699. The fourth-order valence-corrected chi connectivity index (χ4v) is 2.81. The highest BCUT2D eigenvalue weighted by atomic mass is 16.6. The SMILES string of the molecule is CN(Cc1ccccc1N1CCOCC1)c1ccc([N+](=O)[O-])cn1. The van der Waals surface area contributed by atoms with Crippen LogP contribution in [0, 0.1) is 10.1 Å². The van der Waals surface area contributed by atoms with Gasteiger partial charge in [-0.3, -0.25) is 10.1 Å². The number of hydrogen-bond acceptors (Lipinski definition) is 6. The minimum atomic E-state index is -0.440. The lowest BCUT2D eigenvalue weighted by Gasteiger charge is -2.31. The summed E-state index contributed by atoms with van der Waals surface area (Å²) in [5.41, 5.74) is 2.40. The number of nitrogens with zero attached hydrogens (tertiary/aromatic N) is 4. The number of rotatable bonds is 5. The number of aromatic nitrogens is 1. The van der Waals surface area contributed by atoms with E-state index in [4.69, 9.17) is 4.74 Å². The minimum absolute atomic E-state index is 0.000803. The van der Waals surface area contributed by atoms with Crippen molar-refractivity contribution in [2.75, 3.05) is 43.2 Å². The van der Waals surface area contributed by atoms with Gasteiger partial charge < -0.3 is 14.5 Å². The number of ether oxygens (including phenoxy) is 1. The second kappa shape index (κ2) is 7.27. The number of nitro groups is 1. The first-order chi connectivity index (χ1) is 11.6. The Kier molecular flexibility index (Phi) is 4.90. The zero-order valence-electron chi connectivity index (χ0n) is 13.6. The predicted molar refractivity (Wildman–Crippen MR) is 92.5 cm³/mol. The van der Waals surface area contributed by atoms with Crippen LogP contribution >= 0.6 is 0 Å². The molecule has 2 heterocycles. The van der Waals surface area contributed by atoms with E-state index in [0.29, 0.717) is 12.4 Å². The molecule has 3 rings (SSSR count). The summed E-state index contributed by atoms with van der Waals surface area (Å²) in [4.78, 5) is 18.8. The van der Waals surface area contributed by atoms with Gasteiger partial charge in [-0.2, -0.15) is 0 Å². The highest BCUT2D eigenvalue weighted by molar-refractivity contribution is 5.55. The van der Waals surface area contributed by atoms with Crippen LogP contribution in [0.25, 0.3) is 0 Å². The molecule has 1 aliphatic heterocycles. The van der Waals surface area contributed by atoms with E-state index in [9.17, 15) is 10.1 Å². The average Bonchev–Trinajstić information content (AvgIpc) is 2.63. The second-order valence-corrected chi connectivity index (χ2v) is 5.72. The van der Waals surface area contributed by atoms with E-state index >= 15 is 0 Å². The second-order valence-electron chi connectivity index (χ2n) is 5.72. The van der Waals surface area contributed by atoms with Crippen molar-refractivity contribution in [3.63, 3.8) is 0 Å². The van der Waals surface area contributed by atoms with E-state index in [1.807, 2.05) is 24.1 Å². The van der Waals surface area contributed by atoms with Gasteiger partial charge in [0, 0.05) is 38.4 Å². The van der Waals surface area contributed by atoms with Gasteiger partial charge >= 0.3 is 0 Å². The van der Waals surface area contributed by atoms with Gasteiger partial charge in [-0.05, 0) is 17.7 Å². The number of pyridine rings is 1. The van der Waals surface area contributed by atoms with Crippen molar-refractivity contribution in [1.82, 2.24) is 4.98 Å². The van der Waals surface area contributed by atoms with Crippen LogP contribution in [-0.4, -0.2) is 43.3 Å². The van der Waals surface area contributed by atoms with Crippen molar-refractivity contribution >= 4 is 17.2 Å². The number of benzene rings is 1. The zero-order valence-corrected chi connectivity index (χ0v) is 13.6. The quantitative estimate of drug-likeness (QED) is 0.620. The predicted octanol–water partition coefficient (Wildman–Crippen LogP) is 2.46. The molecule has 126 valence electrons. The van der Waals surface area contributed by atoms with Crippen LogP contribution in [-0.2, 0) is 11.3 Å². The summed E-state index contributed by atoms with van der Waals surface area (Å²) in [5.74, 6) is 0.706. The molecule has 0 amide bonds. The van der Waals surface area contributed by atoms with Gasteiger partial charge in [-0.25, -0.2) is 4.98 Å². The molecule has 7 nitrogen and oxygen atoms in total. The van der Waals surface area contributed by atoms with Crippen LogP contribution in [0.2, 0.25) is 0 Å². The Morgan fingerprint density at radius 1 is 1.25 bits per heavy atom. The summed E-state index contributed by atoms with van der Waals surface area (Å²) in [5, 5.41) is 10.7. The molecule has 0 atom stereocenters. The Hall–Kier alpha value is -2.67. The molecular weight excluding hydrogens is 308 g/mol. The third-order valence-corrected chi connectivity index (χ3v) is 4.09. The van der Waals surface area contributed by atoms with Gasteiger partial charge in [0.15, 0.2) is 0 Å².